The highest BCUT2D eigenvalue weighted by Gasteiger charge is 2.37. The molecule has 0 spiro atoms. The van der Waals surface area contributed by atoms with Crippen molar-refractivity contribution < 1.29 is 14.3 Å². The fourth-order valence-corrected chi connectivity index (χ4v) is 5.73. The number of carbonyl (C=O) groups is 2. The smallest absolute Gasteiger partial charge is 0.407 e. The number of benzene rings is 3. The number of ether oxygens (including phenoxy) is 1. The number of aromatic amines is 1. The molecular weight excluding hydrogens is 554 g/mol. The molecule has 1 fully saturated rings. The van der Waals surface area contributed by atoms with Gasteiger partial charge in [0.15, 0.2) is 0 Å². The van der Waals surface area contributed by atoms with Crippen molar-refractivity contribution in [2.24, 2.45) is 5.92 Å². The molecule has 0 saturated carbocycles. The second-order valence-electron chi connectivity index (χ2n) is 11.3. The summed E-state index contributed by atoms with van der Waals surface area (Å²) < 4.78 is 4.75. The van der Waals surface area contributed by atoms with Gasteiger partial charge in [-0.25, -0.2) is 19.7 Å². The van der Waals surface area contributed by atoms with Gasteiger partial charge >= 0.3 is 6.09 Å². The summed E-state index contributed by atoms with van der Waals surface area (Å²) in [6.07, 6.45) is 6.24. The average Bonchev–Trinajstić information content (AvgIpc) is 3.74. The van der Waals surface area contributed by atoms with Crippen LogP contribution in [-0.4, -0.2) is 56.5 Å². The molecule has 3 aromatic carbocycles. The van der Waals surface area contributed by atoms with Crippen LogP contribution >= 0.6 is 0 Å². The molecular formula is C34H35N7O3. The molecule has 0 radical (unpaired) electrons. The summed E-state index contributed by atoms with van der Waals surface area (Å²) in [5.41, 5.74) is 4.77. The zero-order valence-corrected chi connectivity index (χ0v) is 24.9. The van der Waals surface area contributed by atoms with E-state index in [1.807, 2.05) is 61.5 Å². The largest absolute Gasteiger partial charge is 0.453 e. The van der Waals surface area contributed by atoms with Crippen LogP contribution in [0.1, 0.15) is 38.6 Å². The Hall–Kier alpha value is -5.25. The van der Waals surface area contributed by atoms with Gasteiger partial charge in [0.1, 0.15) is 24.0 Å². The first-order valence-corrected chi connectivity index (χ1v) is 14.8. The van der Waals surface area contributed by atoms with Crippen LogP contribution in [0.4, 0.5) is 16.3 Å². The zero-order chi connectivity index (χ0) is 30.6. The summed E-state index contributed by atoms with van der Waals surface area (Å²) in [6, 6.07) is 21.7. The van der Waals surface area contributed by atoms with E-state index >= 15 is 0 Å². The van der Waals surface area contributed by atoms with Crippen LogP contribution in [0.2, 0.25) is 0 Å². The van der Waals surface area contributed by atoms with Crippen LogP contribution in [0.25, 0.3) is 33.2 Å². The van der Waals surface area contributed by atoms with E-state index in [1.165, 1.54) is 7.11 Å². The summed E-state index contributed by atoms with van der Waals surface area (Å²) in [6.45, 7) is 4.43. The van der Waals surface area contributed by atoms with Crippen molar-refractivity contribution >= 4 is 34.3 Å². The summed E-state index contributed by atoms with van der Waals surface area (Å²) in [5.74, 6) is 1.27. The first-order chi connectivity index (χ1) is 21.4. The number of fused-ring (bicyclic) bond motifs is 1. The molecule has 6 rings (SSSR count). The predicted octanol–water partition coefficient (Wildman–Crippen LogP) is 6.47. The van der Waals surface area contributed by atoms with Gasteiger partial charge in [0.2, 0.25) is 5.91 Å². The second-order valence-corrected chi connectivity index (χ2v) is 11.3. The van der Waals surface area contributed by atoms with Gasteiger partial charge in [-0.05, 0) is 59.4 Å². The van der Waals surface area contributed by atoms with Crippen LogP contribution in [0, 0.1) is 5.92 Å². The topological polar surface area (TPSA) is 125 Å². The van der Waals surface area contributed by atoms with Gasteiger partial charge in [-0.2, -0.15) is 0 Å². The number of alkyl carbamates (subject to hydrolysis) is 1. The van der Waals surface area contributed by atoms with Crippen LogP contribution in [0.5, 0.6) is 0 Å². The Balaban J connectivity index is 1.22. The summed E-state index contributed by atoms with van der Waals surface area (Å²) in [4.78, 5) is 44.1. The average molecular weight is 590 g/mol. The van der Waals surface area contributed by atoms with Crippen molar-refractivity contribution in [1.82, 2.24) is 30.2 Å². The van der Waals surface area contributed by atoms with Crippen molar-refractivity contribution in [1.29, 1.82) is 0 Å². The number of H-pyrrole nitrogens is 1. The fourth-order valence-electron chi connectivity index (χ4n) is 5.73. The van der Waals surface area contributed by atoms with E-state index < -0.39 is 12.1 Å². The molecule has 224 valence electrons. The summed E-state index contributed by atoms with van der Waals surface area (Å²) in [7, 11) is 1.30. The van der Waals surface area contributed by atoms with E-state index in [1.54, 1.807) is 6.33 Å². The lowest BCUT2D eigenvalue weighted by atomic mass is 10.00. The lowest BCUT2D eigenvalue weighted by Crippen LogP contribution is -2.51. The van der Waals surface area contributed by atoms with Gasteiger partial charge < -0.3 is 25.3 Å². The molecule has 2 atom stereocenters. The molecule has 2 aromatic heterocycles. The molecule has 2 amide bonds. The van der Waals surface area contributed by atoms with Crippen LogP contribution in [0.15, 0.2) is 85.5 Å². The lowest BCUT2D eigenvalue weighted by molar-refractivity contribution is -0.135. The maximum Gasteiger partial charge on any atom is 0.407 e. The van der Waals surface area contributed by atoms with Gasteiger partial charge in [0.25, 0.3) is 0 Å². The van der Waals surface area contributed by atoms with Crippen LogP contribution < -0.4 is 10.6 Å². The molecule has 10 nitrogen and oxygen atoms in total. The van der Waals surface area contributed by atoms with Crippen LogP contribution in [0.3, 0.4) is 0 Å². The number of nitrogens with one attached hydrogen (secondary N) is 3. The number of nitrogens with zero attached hydrogens (tertiary/aromatic N) is 4. The molecule has 1 saturated heterocycles. The molecule has 10 heteroatoms. The number of amides is 2. The standard InChI is InChI=1S/C34H35N7O3/c1-21(2)30(40-34(43)44-3)33(42)41-15-7-10-29(41)32-36-19-28(39-32)25-14-12-22-16-24(13-11-23(22)17-25)27-18-35-20-37-31(27)38-26-8-5-4-6-9-26/h4-6,8-9,11-14,16-21,29-30H,7,10,15H2,1-3H3,(H,36,39)(H,40,43)(H,35,37,38)/t29-,30-/m0/s1. The third-order valence-corrected chi connectivity index (χ3v) is 8.05. The van der Waals surface area contributed by atoms with Gasteiger partial charge in [-0.1, -0.05) is 56.3 Å². The van der Waals surface area contributed by atoms with Crippen molar-refractivity contribution in [3.63, 3.8) is 0 Å². The van der Waals surface area contributed by atoms with Crippen LogP contribution in [-0.2, 0) is 9.53 Å². The summed E-state index contributed by atoms with van der Waals surface area (Å²) >= 11 is 0. The van der Waals surface area contributed by atoms with Crippen molar-refractivity contribution in [3.8, 4) is 22.4 Å². The zero-order valence-electron chi connectivity index (χ0n) is 24.9. The number of anilines is 2. The Kier molecular flexibility index (Phi) is 8.23. The van der Waals surface area contributed by atoms with E-state index in [0.29, 0.717) is 6.54 Å². The minimum absolute atomic E-state index is 0.0886. The Morgan fingerprint density at radius 3 is 2.48 bits per heavy atom. The highest BCUT2D eigenvalue weighted by molar-refractivity contribution is 5.92. The number of methoxy groups -OCH3 is 1. The highest BCUT2D eigenvalue weighted by atomic mass is 16.5. The third-order valence-electron chi connectivity index (χ3n) is 8.05. The van der Waals surface area contributed by atoms with E-state index in [2.05, 4.69) is 67.0 Å². The number of hydrogen-bond acceptors (Lipinski definition) is 7. The second kappa shape index (κ2) is 12.5. The molecule has 0 unspecified atom stereocenters. The SMILES string of the molecule is COC(=O)N[C@H](C(=O)N1CCC[C@H]1c1ncc(-c2ccc3cc(-c4cncnc4Nc4ccccc4)ccc3c2)[nH]1)C(C)C. The molecule has 3 heterocycles. The Morgan fingerprint density at radius 2 is 1.73 bits per heavy atom. The molecule has 0 aliphatic carbocycles. The number of carbonyl (C=O) groups excluding carboxylic acids is 2. The van der Waals surface area contributed by atoms with Crippen molar-refractivity contribution in [2.45, 2.75) is 38.8 Å². The van der Waals surface area contributed by atoms with Crippen molar-refractivity contribution in [3.05, 3.63) is 91.3 Å². The molecule has 0 bridgehead atoms. The minimum atomic E-state index is -0.671. The molecule has 1 aliphatic rings. The van der Waals surface area contributed by atoms with E-state index in [-0.39, 0.29) is 17.9 Å². The maximum atomic E-state index is 13.5. The van der Waals surface area contributed by atoms with E-state index in [4.69, 9.17) is 4.74 Å². The number of likely N-dealkylation sites (tertiary alicyclic amines) is 1. The monoisotopic (exact) mass is 589 g/mol. The number of imidazole rings is 1. The van der Waals surface area contributed by atoms with Gasteiger partial charge in [-0.3, -0.25) is 4.79 Å². The number of aromatic nitrogens is 4. The van der Waals surface area contributed by atoms with E-state index in [9.17, 15) is 9.59 Å². The predicted molar refractivity (Wildman–Crippen MR) is 170 cm³/mol. The molecule has 5 aromatic rings. The minimum Gasteiger partial charge on any atom is -0.453 e. The maximum absolute atomic E-state index is 13.5. The molecule has 3 N–H and O–H groups in total. The molecule has 44 heavy (non-hydrogen) atoms. The third kappa shape index (κ3) is 5.96. The Labute approximate surface area is 255 Å². The lowest BCUT2D eigenvalue weighted by Gasteiger charge is -2.30. The summed E-state index contributed by atoms with van der Waals surface area (Å²) in [5, 5.41) is 8.27. The van der Waals surface area contributed by atoms with Gasteiger partial charge in [0.05, 0.1) is 25.0 Å². The van der Waals surface area contributed by atoms with Crippen molar-refractivity contribution in [2.75, 3.05) is 19.0 Å². The number of para-hydroxylation sites is 1. The number of rotatable bonds is 8. The molecule has 1 aliphatic heterocycles. The van der Waals surface area contributed by atoms with Gasteiger partial charge in [-0.15, -0.1) is 0 Å². The first kappa shape index (κ1) is 28.9. The Morgan fingerprint density at radius 1 is 0.977 bits per heavy atom. The quantitative estimate of drug-likeness (QED) is 0.189. The highest BCUT2D eigenvalue weighted by Crippen LogP contribution is 2.34. The van der Waals surface area contributed by atoms with E-state index in [0.717, 1.165) is 63.3 Å². The normalized spacial score (nSPS) is 15.4. The van der Waals surface area contributed by atoms with Gasteiger partial charge in [0, 0.05) is 29.6 Å². The Bertz CT molecular complexity index is 1790. The first-order valence-electron chi connectivity index (χ1n) is 14.8. The fraction of sp³-hybridized carbons (Fsp3) is 0.265. The number of hydrogen-bond donors (Lipinski definition) is 3.